The van der Waals surface area contributed by atoms with Gasteiger partial charge in [-0.1, -0.05) is 0 Å². The molecule has 1 saturated heterocycles. The van der Waals surface area contributed by atoms with Gasteiger partial charge < -0.3 is 15.4 Å². The summed E-state index contributed by atoms with van der Waals surface area (Å²) in [5.41, 5.74) is 5.61. The van der Waals surface area contributed by atoms with Crippen LogP contribution in [0.25, 0.3) is 0 Å². The molecule has 0 aromatic heterocycles. The molecule has 64 valence electrons. The van der Waals surface area contributed by atoms with Gasteiger partial charge in [0, 0.05) is 0 Å². The molecular formula is C8H16N2O. The zero-order chi connectivity index (χ0) is 8.27. The fraction of sp³-hybridized carbons (Fsp3) is 0.875. The van der Waals surface area contributed by atoms with Crippen molar-refractivity contribution in [2.75, 3.05) is 20.1 Å². The van der Waals surface area contributed by atoms with Crippen LogP contribution >= 0.6 is 0 Å². The molecule has 0 saturated carbocycles. The van der Waals surface area contributed by atoms with Crippen LogP contribution in [0.3, 0.4) is 0 Å². The van der Waals surface area contributed by atoms with Gasteiger partial charge in [-0.15, -0.1) is 0 Å². The molecule has 0 radical (unpaired) electrons. The van der Waals surface area contributed by atoms with Crippen LogP contribution in [0.5, 0.6) is 0 Å². The summed E-state index contributed by atoms with van der Waals surface area (Å²) in [6.45, 7) is 2.15. The molecule has 1 heterocycles. The van der Waals surface area contributed by atoms with E-state index in [0.717, 1.165) is 32.2 Å². The first-order valence-corrected chi connectivity index (χ1v) is 4.13. The lowest BCUT2D eigenvalue weighted by Crippen LogP contribution is -2.40. The number of piperidine rings is 1. The molecule has 3 nitrogen and oxygen atoms in total. The molecule has 11 heavy (non-hydrogen) atoms. The second-order valence-corrected chi connectivity index (χ2v) is 3.35. The topological polar surface area (TPSA) is 46.3 Å². The van der Waals surface area contributed by atoms with E-state index in [4.69, 9.17) is 5.73 Å². The zero-order valence-corrected chi connectivity index (χ0v) is 6.99. The highest BCUT2D eigenvalue weighted by Gasteiger charge is 2.21. The Morgan fingerprint density at radius 1 is 1.55 bits per heavy atom. The highest BCUT2D eigenvalue weighted by molar-refractivity contribution is 5.57. The Morgan fingerprint density at radius 2 is 2.09 bits per heavy atom. The first-order chi connectivity index (χ1) is 5.24. The standard InChI is InChI=1S/C8H16N2O/c1-10-4-2-7(3-5-10)8(9)6-11/h6-8H,2-5,9H2,1H3. The van der Waals surface area contributed by atoms with Crippen molar-refractivity contribution >= 4 is 6.29 Å². The number of carbonyl (C=O) groups excluding carboxylic acids is 1. The molecule has 1 unspecified atom stereocenters. The van der Waals surface area contributed by atoms with Crippen molar-refractivity contribution in [3.63, 3.8) is 0 Å². The third kappa shape index (κ3) is 2.27. The van der Waals surface area contributed by atoms with Gasteiger partial charge in [-0.2, -0.15) is 0 Å². The lowest BCUT2D eigenvalue weighted by Gasteiger charge is -2.30. The van der Waals surface area contributed by atoms with Crippen molar-refractivity contribution in [3.05, 3.63) is 0 Å². The van der Waals surface area contributed by atoms with Crippen molar-refractivity contribution in [1.29, 1.82) is 0 Å². The Kier molecular flexibility index (Phi) is 3.02. The predicted octanol–water partition coefficient (Wildman–Crippen LogP) is -0.146. The van der Waals surface area contributed by atoms with Gasteiger partial charge in [-0.3, -0.25) is 0 Å². The summed E-state index contributed by atoms with van der Waals surface area (Å²) >= 11 is 0. The summed E-state index contributed by atoms with van der Waals surface area (Å²) in [6, 6.07) is -0.233. The minimum atomic E-state index is -0.233. The molecule has 1 aliphatic rings. The number of hydrogen-bond acceptors (Lipinski definition) is 3. The van der Waals surface area contributed by atoms with Crippen LogP contribution in [0.1, 0.15) is 12.8 Å². The van der Waals surface area contributed by atoms with E-state index in [9.17, 15) is 4.79 Å². The van der Waals surface area contributed by atoms with E-state index in [0.29, 0.717) is 5.92 Å². The third-order valence-corrected chi connectivity index (χ3v) is 2.46. The van der Waals surface area contributed by atoms with Gasteiger partial charge in [0.25, 0.3) is 0 Å². The first-order valence-electron chi connectivity index (χ1n) is 4.13. The van der Waals surface area contributed by atoms with Crippen LogP contribution in [-0.2, 0) is 4.79 Å². The quantitative estimate of drug-likeness (QED) is 0.566. The summed E-state index contributed by atoms with van der Waals surface area (Å²) in [5.74, 6) is 0.420. The monoisotopic (exact) mass is 156 g/mol. The molecule has 1 aliphatic heterocycles. The first kappa shape index (κ1) is 8.68. The van der Waals surface area contributed by atoms with Crippen LogP contribution in [-0.4, -0.2) is 37.4 Å². The maximum atomic E-state index is 10.3. The number of nitrogens with two attached hydrogens (primary N) is 1. The summed E-state index contributed by atoms with van der Waals surface area (Å²) in [7, 11) is 2.10. The van der Waals surface area contributed by atoms with Crippen molar-refractivity contribution in [3.8, 4) is 0 Å². The number of aldehydes is 1. The van der Waals surface area contributed by atoms with E-state index in [2.05, 4.69) is 11.9 Å². The lowest BCUT2D eigenvalue weighted by atomic mass is 9.91. The van der Waals surface area contributed by atoms with Crippen LogP contribution in [0, 0.1) is 5.92 Å². The average Bonchev–Trinajstić information content (AvgIpc) is 2.05. The van der Waals surface area contributed by atoms with E-state index in [1.54, 1.807) is 0 Å². The van der Waals surface area contributed by atoms with Gasteiger partial charge in [-0.05, 0) is 38.9 Å². The number of rotatable bonds is 2. The van der Waals surface area contributed by atoms with E-state index in [1.165, 1.54) is 0 Å². The summed E-state index contributed by atoms with van der Waals surface area (Å²) in [6.07, 6.45) is 3.00. The number of hydrogen-bond donors (Lipinski definition) is 1. The summed E-state index contributed by atoms with van der Waals surface area (Å²) in [4.78, 5) is 12.6. The molecule has 0 bridgehead atoms. The Labute approximate surface area is 67.5 Å². The third-order valence-electron chi connectivity index (χ3n) is 2.46. The lowest BCUT2D eigenvalue weighted by molar-refractivity contribution is -0.110. The maximum Gasteiger partial charge on any atom is 0.136 e. The van der Waals surface area contributed by atoms with Crippen LogP contribution < -0.4 is 5.73 Å². The van der Waals surface area contributed by atoms with E-state index >= 15 is 0 Å². The summed E-state index contributed by atoms with van der Waals surface area (Å²) in [5, 5.41) is 0. The fourth-order valence-electron chi connectivity index (χ4n) is 1.52. The largest absolute Gasteiger partial charge is 0.322 e. The zero-order valence-electron chi connectivity index (χ0n) is 6.99. The molecule has 3 heteroatoms. The Balaban J connectivity index is 2.32. The summed E-state index contributed by atoms with van der Waals surface area (Å²) < 4.78 is 0. The number of carbonyl (C=O) groups is 1. The van der Waals surface area contributed by atoms with Crippen molar-refractivity contribution in [1.82, 2.24) is 4.90 Å². The van der Waals surface area contributed by atoms with E-state index in [-0.39, 0.29) is 6.04 Å². The van der Waals surface area contributed by atoms with Crippen LogP contribution in [0.2, 0.25) is 0 Å². The molecule has 0 spiro atoms. The van der Waals surface area contributed by atoms with Gasteiger partial charge in [0.2, 0.25) is 0 Å². The van der Waals surface area contributed by atoms with Crippen LogP contribution in [0.4, 0.5) is 0 Å². The minimum Gasteiger partial charge on any atom is -0.322 e. The SMILES string of the molecule is CN1CCC(C(N)C=O)CC1. The van der Waals surface area contributed by atoms with Crippen molar-refractivity contribution in [2.24, 2.45) is 11.7 Å². The predicted molar refractivity (Wildman–Crippen MR) is 44.3 cm³/mol. The molecule has 0 aliphatic carbocycles. The molecule has 0 aromatic carbocycles. The number of likely N-dealkylation sites (tertiary alicyclic amines) is 1. The van der Waals surface area contributed by atoms with E-state index < -0.39 is 0 Å². The van der Waals surface area contributed by atoms with Gasteiger partial charge in [0.05, 0.1) is 6.04 Å². The second kappa shape index (κ2) is 3.83. The normalized spacial score (nSPS) is 24.9. The molecule has 1 atom stereocenters. The molecule has 0 amide bonds. The Hall–Kier alpha value is -0.410. The minimum absolute atomic E-state index is 0.233. The van der Waals surface area contributed by atoms with Crippen molar-refractivity contribution < 1.29 is 4.79 Å². The fourth-order valence-corrected chi connectivity index (χ4v) is 1.52. The molecule has 1 fully saturated rings. The second-order valence-electron chi connectivity index (χ2n) is 3.35. The van der Waals surface area contributed by atoms with Gasteiger partial charge in [-0.25, -0.2) is 0 Å². The van der Waals surface area contributed by atoms with Gasteiger partial charge in [0.1, 0.15) is 6.29 Å². The van der Waals surface area contributed by atoms with Gasteiger partial charge >= 0.3 is 0 Å². The Bertz CT molecular complexity index is 130. The number of nitrogens with zero attached hydrogens (tertiary/aromatic N) is 1. The molecule has 0 aromatic rings. The van der Waals surface area contributed by atoms with Crippen LogP contribution in [0.15, 0.2) is 0 Å². The molecule has 1 rings (SSSR count). The highest BCUT2D eigenvalue weighted by atomic mass is 16.1. The maximum absolute atomic E-state index is 10.3. The van der Waals surface area contributed by atoms with E-state index in [1.807, 2.05) is 0 Å². The Morgan fingerprint density at radius 3 is 2.55 bits per heavy atom. The average molecular weight is 156 g/mol. The van der Waals surface area contributed by atoms with Gasteiger partial charge in [0.15, 0.2) is 0 Å². The smallest absolute Gasteiger partial charge is 0.136 e. The molecular weight excluding hydrogens is 140 g/mol. The molecule has 2 N–H and O–H groups in total. The highest BCUT2D eigenvalue weighted by Crippen LogP contribution is 2.17. The van der Waals surface area contributed by atoms with Crippen molar-refractivity contribution in [2.45, 2.75) is 18.9 Å².